The minimum absolute atomic E-state index is 0.0529. The lowest BCUT2D eigenvalue weighted by Gasteiger charge is -2.33. The molecule has 0 spiro atoms. The van der Waals surface area contributed by atoms with E-state index >= 15 is 0 Å². The van der Waals surface area contributed by atoms with E-state index in [0.717, 1.165) is 51.3 Å². The van der Waals surface area contributed by atoms with Crippen molar-refractivity contribution in [3.63, 3.8) is 0 Å². The van der Waals surface area contributed by atoms with Gasteiger partial charge in [-0.3, -0.25) is 14.7 Å². The molecule has 0 amide bonds. The van der Waals surface area contributed by atoms with E-state index in [-0.39, 0.29) is 5.56 Å². The number of ether oxygens (including phenoxy) is 1. The number of piperidine rings is 1. The minimum Gasteiger partial charge on any atom is -0.378 e. The van der Waals surface area contributed by atoms with Crippen LogP contribution in [-0.4, -0.2) is 54.3 Å². The van der Waals surface area contributed by atoms with Crippen molar-refractivity contribution in [3.05, 3.63) is 43.5 Å². The maximum Gasteiger partial charge on any atom is 0.252 e. The van der Waals surface area contributed by atoms with Gasteiger partial charge in [-0.2, -0.15) is 0 Å². The summed E-state index contributed by atoms with van der Waals surface area (Å²) in [6, 6.07) is 4.00. The molecule has 1 atom stereocenters. The van der Waals surface area contributed by atoms with Gasteiger partial charge in [-0.25, -0.2) is 4.98 Å². The van der Waals surface area contributed by atoms with Crippen LogP contribution >= 0.6 is 11.3 Å². The van der Waals surface area contributed by atoms with Crippen LogP contribution in [0.15, 0.2) is 16.9 Å². The molecule has 0 aliphatic carbocycles. The number of thiophene rings is 1. The van der Waals surface area contributed by atoms with E-state index in [1.54, 1.807) is 6.07 Å². The number of aryl methyl sites for hydroxylation is 2. The fraction of sp³-hybridized carbons (Fsp3) is 0.600. The van der Waals surface area contributed by atoms with Crippen LogP contribution in [0.2, 0.25) is 0 Å². The van der Waals surface area contributed by atoms with Crippen LogP contribution in [0.5, 0.6) is 0 Å². The van der Waals surface area contributed by atoms with Gasteiger partial charge in [0, 0.05) is 47.9 Å². The number of hydrogen-bond donors (Lipinski definition) is 1. The van der Waals surface area contributed by atoms with Crippen LogP contribution in [0, 0.1) is 13.8 Å². The van der Waals surface area contributed by atoms with Gasteiger partial charge < -0.3 is 9.64 Å². The molecule has 4 heterocycles. The minimum atomic E-state index is -0.0529. The molecule has 0 saturated carbocycles. The van der Waals surface area contributed by atoms with Gasteiger partial charge in [-0.15, -0.1) is 11.3 Å². The van der Waals surface area contributed by atoms with Crippen molar-refractivity contribution in [3.8, 4) is 0 Å². The summed E-state index contributed by atoms with van der Waals surface area (Å²) >= 11 is 1.87. The van der Waals surface area contributed by atoms with Crippen molar-refractivity contribution in [2.45, 2.75) is 39.2 Å². The molecule has 6 nitrogen and oxygen atoms in total. The first-order chi connectivity index (χ1) is 13.1. The van der Waals surface area contributed by atoms with Gasteiger partial charge in [-0.05, 0) is 44.9 Å². The van der Waals surface area contributed by atoms with Gasteiger partial charge in [0.05, 0.1) is 18.9 Å². The van der Waals surface area contributed by atoms with Crippen molar-refractivity contribution in [2.24, 2.45) is 0 Å². The second-order valence-corrected chi connectivity index (χ2v) is 9.07. The Morgan fingerprint density at radius 1 is 1.26 bits per heavy atom. The Bertz CT molecular complexity index is 841. The molecule has 27 heavy (non-hydrogen) atoms. The Hall–Kier alpha value is -1.70. The van der Waals surface area contributed by atoms with Crippen LogP contribution in [0.25, 0.3) is 0 Å². The molecule has 1 unspecified atom stereocenters. The number of morpholine rings is 1. The molecule has 0 bridgehead atoms. The lowest BCUT2D eigenvalue weighted by atomic mass is 9.94. The molecular formula is C20H28N4O2S. The van der Waals surface area contributed by atoms with Gasteiger partial charge in [-0.1, -0.05) is 0 Å². The molecular weight excluding hydrogens is 360 g/mol. The summed E-state index contributed by atoms with van der Waals surface area (Å²) in [6.45, 7) is 10.4. The van der Waals surface area contributed by atoms with E-state index in [4.69, 9.17) is 9.72 Å². The average molecular weight is 389 g/mol. The number of aromatic nitrogens is 2. The van der Waals surface area contributed by atoms with E-state index in [2.05, 4.69) is 34.7 Å². The summed E-state index contributed by atoms with van der Waals surface area (Å²) in [4.78, 5) is 27.4. The number of H-pyrrole nitrogens is 1. The van der Waals surface area contributed by atoms with Crippen molar-refractivity contribution < 1.29 is 4.74 Å². The van der Waals surface area contributed by atoms with Crippen molar-refractivity contribution in [1.29, 1.82) is 0 Å². The molecule has 2 aliphatic heterocycles. The third-order valence-corrected chi connectivity index (χ3v) is 6.53. The predicted molar refractivity (Wildman–Crippen MR) is 109 cm³/mol. The Morgan fingerprint density at radius 2 is 2.07 bits per heavy atom. The summed E-state index contributed by atoms with van der Waals surface area (Å²) in [5, 5.41) is 0. The normalized spacial score (nSPS) is 21.6. The van der Waals surface area contributed by atoms with Crippen molar-refractivity contribution in [1.82, 2.24) is 14.9 Å². The highest BCUT2D eigenvalue weighted by Crippen LogP contribution is 2.29. The molecule has 0 aromatic carbocycles. The number of anilines is 1. The second-order valence-electron chi connectivity index (χ2n) is 7.61. The first-order valence-corrected chi connectivity index (χ1v) is 10.6. The average Bonchev–Trinajstić information content (AvgIpc) is 2.99. The van der Waals surface area contributed by atoms with Gasteiger partial charge in [0.2, 0.25) is 5.95 Å². The molecule has 4 rings (SSSR count). The number of nitrogens with zero attached hydrogens (tertiary/aromatic N) is 3. The summed E-state index contributed by atoms with van der Waals surface area (Å²) < 4.78 is 5.41. The van der Waals surface area contributed by atoms with Crippen LogP contribution < -0.4 is 10.5 Å². The lowest BCUT2D eigenvalue weighted by molar-refractivity contribution is 0.122. The van der Waals surface area contributed by atoms with Crippen LogP contribution in [-0.2, 0) is 11.3 Å². The molecule has 2 aliphatic rings. The van der Waals surface area contributed by atoms with Crippen LogP contribution in [0.4, 0.5) is 5.95 Å². The highest BCUT2D eigenvalue weighted by molar-refractivity contribution is 7.12. The largest absolute Gasteiger partial charge is 0.378 e. The van der Waals surface area contributed by atoms with Crippen molar-refractivity contribution in [2.75, 3.05) is 44.3 Å². The highest BCUT2D eigenvalue weighted by Gasteiger charge is 2.25. The first-order valence-electron chi connectivity index (χ1n) is 9.81. The Balaban J connectivity index is 1.49. The summed E-state index contributed by atoms with van der Waals surface area (Å²) in [5.41, 5.74) is 2.32. The van der Waals surface area contributed by atoms with Crippen LogP contribution in [0.3, 0.4) is 0 Å². The van der Waals surface area contributed by atoms with Gasteiger partial charge in [0.1, 0.15) is 0 Å². The molecule has 146 valence electrons. The number of nitrogens with one attached hydrogen (secondary N) is 1. The van der Waals surface area contributed by atoms with Gasteiger partial charge in [0.15, 0.2) is 0 Å². The SMILES string of the molecule is Cc1cc(CN2CCCC(c3cc(=O)[nH]c(N4CCOCC4)n3)C2)c(C)s1. The summed E-state index contributed by atoms with van der Waals surface area (Å²) in [7, 11) is 0. The molecule has 2 aromatic rings. The molecule has 2 saturated heterocycles. The standard InChI is InChI=1S/C20H28N4O2S/c1-14-10-17(15(2)27-14)13-23-5-3-4-16(12-23)18-11-19(25)22-20(21-18)24-6-8-26-9-7-24/h10-11,16H,3-9,12-13H2,1-2H3,(H,21,22,25). The second kappa shape index (κ2) is 8.12. The van der Waals surface area contributed by atoms with E-state index in [9.17, 15) is 4.79 Å². The predicted octanol–water partition coefficient (Wildman–Crippen LogP) is 2.66. The summed E-state index contributed by atoms with van der Waals surface area (Å²) in [5.74, 6) is 1.02. The zero-order valence-electron chi connectivity index (χ0n) is 16.2. The van der Waals surface area contributed by atoms with Crippen LogP contribution in [0.1, 0.15) is 39.8 Å². The molecule has 7 heteroatoms. The maximum atomic E-state index is 12.3. The number of rotatable bonds is 4. The fourth-order valence-corrected chi connectivity index (χ4v) is 5.06. The molecule has 2 aromatic heterocycles. The van der Waals surface area contributed by atoms with E-state index in [1.165, 1.54) is 15.3 Å². The topological polar surface area (TPSA) is 61.5 Å². The highest BCUT2D eigenvalue weighted by atomic mass is 32.1. The lowest BCUT2D eigenvalue weighted by Crippen LogP contribution is -2.39. The summed E-state index contributed by atoms with van der Waals surface area (Å²) in [6.07, 6.45) is 2.24. The molecule has 2 fully saturated rings. The number of hydrogen-bond acceptors (Lipinski definition) is 6. The van der Waals surface area contributed by atoms with Gasteiger partial charge >= 0.3 is 0 Å². The van der Waals surface area contributed by atoms with E-state index < -0.39 is 0 Å². The first kappa shape index (κ1) is 18.7. The monoisotopic (exact) mass is 388 g/mol. The van der Waals surface area contributed by atoms with Gasteiger partial charge in [0.25, 0.3) is 5.56 Å². The zero-order chi connectivity index (χ0) is 18.8. The zero-order valence-corrected chi connectivity index (χ0v) is 17.0. The van der Waals surface area contributed by atoms with Crippen molar-refractivity contribution >= 4 is 17.3 Å². The smallest absolute Gasteiger partial charge is 0.252 e. The third kappa shape index (κ3) is 4.42. The maximum absolute atomic E-state index is 12.3. The Labute approximate surface area is 164 Å². The van der Waals surface area contributed by atoms with E-state index in [0.29, 0.717) is 25.1 Å². The molecule has 1 N–H and O–H groups in total. The van der Waals surface area contributed by atoms with E-state index in [1.807, 2.05) is 11.3 Å². The Kier molecular flexibility index (Phi) is 5.61. The third-order valence-electron chi connectivity index (χ3n) is 5.52. The number of aromatic amines is 1. The quantitative estimate of drug-likeness (QED) is 0.873. The fourth-order valence-electron chi connectivity index (χ4n) is 4.12. The number of likely N-dealkylation sites (tertiary alicyclic amines) is 1. The molecule has 0 radical (unpaired) electrons. The Morgan fingerprint density at radius 3 is 2.81 bits per heavy atom.